The monoisotopic (exact) mass is 387 g/mol. The Kier molecular flexibility index (Phi) is 4.55. The normalized spacial score (nSPS) is 14.8. The number of anilines is 1. The Balaban J connectivity index is 1.50. The van der Waals surface area contributed by atoms with Crippen LogP contribution in [0.15, 0.2) is 30.3 Å². The third kappa shape index (κ3) is 3.39. The van der Waals surface area contributed by atoms with Crippen LogP contribution in [0.5, 0.6) is 0 Å². The van der Waals surface area contributed by atoms with Crippen molar-refractivity contribution in [1.82, 2.24) is 9.88 Å². The summed E-state index contributed by atoms with van der Waals surface area (Å²) < 4.78 is 27.8. The van der Waals surface area contributed by atoms with Gasteiger partial charge < -0.3 is 9.80 Å². The van der Waals surface area contributed by atoms with Crippen LogP contribution < -0.4 is 4.90 Å². The minimum Gasteiger partial charge on any atom is -0.345 e. The lowest BCUT2D eigenvalue weighted by Gasteiger charge is -2.34. The molecule has 27 heavy (non-hydrogen) atoms. The van der Waals surface area contributed by atoms with E-state index in [-0.39, 0.29) is 11.4 Å². The molecule has 7 heteroatoms. The van der Waals surface area contributed by atoms with Gasteiger partial charge in [-0.05, 0) is 31.5 Å². The van der Waals surface area contributed by atoms with Gasteiger partial charge in [0.2, 0.25) is 0 Å². The molecule has 1 aliphatic heterocycles. The number of aryl methyl sites for hydroxylation is 2. The molecule has 0 unspecified atom stereocenters. The van der Waals surface area contributed by atoms with E-state index in [0.29, 0.717) is 36.0 Å². The predicted molar refractivity (Wildman–Crippen MR) is 104 cm³/mol. The molecule has 0 radical (unpaired) electrons. The number of benzene rings is 2. The lowest BCUT2D eigenvalue weighted by molar-refractivity contribution is 0.0746. The highest BCUT2D eigenvalue weighted by Crippen LogP contribution is 2.31. The smallest absolute Gasteiger partial charge is 0.254 e. The van der Waals surface area contributed by atoms with Crippen LogP contribution in [0.1, 0.15) is 21.5 Å². The van der Waals surface area contributed by atoms with Crippen molar-refractivity contribution in [2.24, 2.45) is 0 Å². The van der Waals surface area contributed by atoms with Crippen LogP contribution in [0.25, 0.3) is 10.2 Å². The van der Waals surface area contributed by atoms with Gasteiger partial charge in [-0.25, -0.2) is 13.8 Å². The van der Waals surface area contributed by atoms with Gasteiger partial charge in [-0.15, -0.1) is 0 Å². The van der Waals surface area contributed by atoms with Gasteiger partial charge in [-0.2, -0.15) is 0 Å². The topological polar surface area (TPSA) is 36.4 Å². The molecule has 0 spiro atoms. The second kappa shape index (κ2) is 6.88. The molecule has 3 aromatic rings. The fraction of sp³-hybridized carbons (Fsp3) is 0.300. The number of carbonyl (C=O) groups is 1. The van der Waals surface area contributed by atoms with E-state index in [2.05, 4.69) is 4.98 Å². The fourth-order valence-corrected chi connectivity index (χ4v) is 4.37. The molecule has 1 aliphatic rings. The molecule has 140 valence electrons. The number of nitrogens with zero attached hydrogens (tertiary/aromatic N) is 3. The van der Waals surface area contributed by atoms with E-state index in [0.717, 1.165) is 22.8 Å². The van der Waals surface area contributed by atoms with Crippen LogP contribution >= 0.6 is 11.3 Å². The highest BCUT2D eigenvalue weighted by atomic mass is 32.1. The van der Waals surface area contributed by atoms with E-state index in [4.69, 9.17) is 0 Å². The van der Waals surface area contributed by atoms with Crippen LogP contribution in [-0.2, 0) is 0 Å². The average molecular weight is 387 g/mol. The lowest BCUT2D eigenvalue weighted by Crippen LogP contribution is -2.48. The number of fused-ring (bicyclic) bond motifs is 1. The molecular formula is C20H19F2N3OS. The Morgan fingerprint density at radius 2 is 1.81 bits per heavy atom. The molecule has 1 saturated heterocycles. The standard InChI is InChI=1S/C20H19F2N3OS/c1-12-3-4-13(2)15(9-12)19(26)24-5-7-25(8-6-24)20-23-18-16(22)10-14(21)11-17(18)27-20/h3-4,9-11H,5-8H2,1-2H3. The van der Waals surface area contributed by atoms with Gasteiger partial charge in [0.1, 0.15) is 11.3 Å². The zero-order valence-electron chi connectivity index (χ0n) is 15.1. The van der Waals surface area contributed by atoms with Crippen molar-refractivity contribution in [2.45, 2.75) is 13.8 Å². The molecule has 0 N–H and O–H groups in total. The first kappa shape index (κ1) is 17.9. The van der Waals surface area contributed by atoms with E-state index >= 15 is 0 Å². The first-order valence-electron chi connectivity index (χ1n) is 8.79. The molecule has 4 nitrogen and oxygen atoms in total. The summed E-state index contributed by atoms with van der Waals surface area (Å²) in [6.07, 6.45) is 0. The maximum atomic E-state index is 13.9. The van der Waals surface area contributed by atoms with Crippen molar-refractivity contribution in [3.8, 4) is 0 Å². The summed E-state index contributed by atoms with van der Waals surface area (Å²) in [5.74, 6) is -1.20. The van der Waals surface area contributed by atoms with Crippen LogP contribution in [0, 0.1) is 25.5 Å². The molecule has 0 saturated carbocycles. The van der Waals surface area contributed by atoms with Crippen LogP contribution in [0.4, 0.5) is 13.9 Å². The van der Waals surface area contributed by atoms with Crippen molar-refractivity contribution in [2.75, 3.05) is 31.1 Å². The highest BCUT2D eigenvalue weighted by molar-refractivity contribution is 7.22. The third-order valence-corrected chi connectivity index (χ3v) is 5.93. The molecule has 1 aromatic heterocycles. The van der Waals surface area contributed by atoms with Gasteiger partial charge in [0.15, 0.2) is 10.9 Å². The summed E-state index contributed by atoms with van der Waals surface area (Å²) in [5, 5.41) is 0.660. The van der Waals surface area contributed by atoms with Gasteiger partial charge in [0, 0.05) is 37.8 Å². The number of hydrogen-bond acceptors (Lipinski definition) is 4. The van der Waals surface area contributed by atoms with Crippen LogP contribution in [-0.4, -0.2) is 42.0 Å². The molecule has 1 amide bonds. The Hall–Kier alpha value is -2.54. The third-order valence-electron chi connectivity index (χ3n) is 4.86. The van der Waals surface area contributed by atoms with E-state index in [1.165, 1.54) is 17.4 Å². The van der Waals surface area contributed by atoms with Crippen molar-refractivity contribution < 1.29 is 13.6 Å². The van der Waals surface area contributed by atoms with Crippen LogP contribution in [0.2, 0.25) is 0 Å². The van der Waals surface area contributed by atoms with Crippen molar-refractivity contribution >= 4 is 32.6 Å². The van der Waals surface area contributed by atoms with Gasteiger partial charge in [0.05, 0.1) is 4.70 Å². The minimum absolute atomic E-state index is 0.0354. The van der Waals surface area contributed by atoms with Crippen molar-refractivity contribution in [3.05, 3.63) is 58.7 Å². The van der Waals surface area contributed by atoms with Gasteiger partial charge in [0.25, 0.3) is 5.91 Å². The van der Waals surface area contributed by atoms with E-state index < -0.39 is 11.6 Å². The van der Waals surface area contributed by atoms with Crippen LogP contribution in [0.3, 0.4) is 0 Å². The largest absolute Gasteiger partial charge is 0.345 e. The quantitative estimate of drug-likeness (QED) is 0.663. The molecule has 0 aliphatic carbocycles. The highest BCUT2D eigenvalue weighted by Gasteiger charge is 2.25. The summed E-state index contributed by atoms with van der Waals surface area (Å²) >= 11 is 1.27. The Labute approximate surface area is 160 Å². The van der Waals surface area contributed by atoms with Gasteiger partial charge in [-0.1, -0.05) is 29.0 Å². The number of hydrogen-bond donors (Lipinski definition) is 0. The van der Waals surface area contributed by atoms with E-state index in [9.17, 15) is 13.6 Å². The lowest BCUT2D eigenvalue weighted by atomic mass is 10.0. The molecule has 1 fully saturated rings. The average Bonchev–Trinajstić information content (AvgIpc) is 3.07. The predicted octanol–water partition coefficient (Wildman–Crippen LogP) is 4.15. The Morgan fingerprint density at radius 1 is 1.07 bits per heavy atom. The first-order valence-corrected chi connectivity index (χ1v) is 9.61. The second-order valence-corrected chi connectivity index (χ2v) is 7.84. The number of piperazine rings is 1. The number of carbonyl (C=O) groups excluding carboxylic acids is 1. The summed E-state index contributed by atoms with van der Waals surface area (Å²) in [6, 6.07) is 8.05. The molecule has 0 bridgehead atoms. The zero-order chi connectivity index (χ0) is 19.1. The van der Waals surface area contributed by atoms with Gasteiger partial charge >= 0.3 is 0 Å². The second-order valence-electron chi connectivity index (χ2n) is 6.83. The fourth-order valence-electron chi connectivity index (χ4n) is 3.32. The van der Waals surface area contributed by atoms with Crippen molar-refractivity contribution in [3.63, 3.8) is 0 Å². The van der Waals surface area contributed by atoms with E-state index in [1.54, 1.807) is 0 Å². The Bertz CT molecular complexity index is 1030. The first-order chi connectivity index (χ1) is 12.9. The molecular weight excluding hydrogens is 368 g/mol. The SMILES string of the molecule is Cc1ccc(C)c(C(=O)N2CCN(c3nc4c(F)cc(F)cc4s3)CC2)c1. The maximum absolute atomic E-state index is 13.9. The number of aromatic nitrogens is 1. The van der Waals surface area contributed by atoms with Crippen molar-refractivity contribution in [1.29, 1.82) is 0 Å². The maximum Gasteiger partial charge on any atom is 0.254 e. The molecule has 2 heterocycles. The summed E-state index contributed by atoms with van der Waals surface area (Å²) in [4.78, 5) is 21.0. The van der Waals surface area contributed by atoms with E-state index in [1.807, 2.05) is 41.8 Å². The number of thiazole rings is 1. The summed E-state index contributed by atoms with van der Waals surface area (Å²) in [7, 11) is 0. The molecule has 2 aromatic carbocycles. The summed E-state index contributed by atoms with van der Waals surface area (Å²) in [5.41, 5.74) is 2.97. The summed E-state index contributed by atoms with van der Waals surface area (Å²) in [6.45, 7) is 6.28. The molecule has 0 atom stereocenters. The number of amides is 1. The number of halogens is 2. The minimum atomic E-state index is -0.642. The Morgan fingerprint density at radius 3 is 2.56 bits per heavy atom. The molecule has 4 rings (SSSR count). The number of rotatable bonds is 2. The van der Waals surface area contributed by atoms with Gasteiger partial charge in [-0.3, -0.25) is 4.79 Å². The zero-order valence-corrected chi connectivity index (χ0v) is 15.9.